The normalized spacial score (nSPS) is 10.5. The van der Waals surface area contributed by atoms with Gasteiger partial charge in [0.2, 0.25) is 0 Å². The average molecular weight is 308 g/mol. The molecule has 0 saturated heterocycles. The number of nitrogens with one attached hydrogen (secondary N) is 1. The number of rotatable bonds is 5. The molecule has 118 valence electrons. The third-order valence-electron chi connectivity index (χ3n) is 3.33. The Kier molecular flexibility index (Phi) is 6.12. The summed E-state index contributed by atoms with van der Waals surface area (Å²) in [5.74, 6) is -0.332. The second-order valence-corrected chi connectivity index (χ2v) is 4.97. The van der Waals surface area contributed by atoms with E-state index in [1.165, 1.54) is 11.0 Å². The van der Waals surface area contributed by atoms with Gasteiger partial charge in [0.1, 0.15) is 0 Å². The van der Waals surface area contributed by atoms with Gasteiger partial charge in [-0.3, -0.25) is 9.69 Å². The van der Waals surface area contributed by atoms with Crippen molar-refractivity contribution in [3.8, 4) is 0 Å². The molecule has 0 unspecified atom stereocenters. The van der Waals surface area contributed by atoms with Crippen molar-refractivity contribution in [1.29, 1.82) is 0 Å². The molecule has 23 heavy (non-hydrogen) atoms. The first kappa shape index (κ1) is 16.5. The zero-order chi connectivity index (χ0) is 16.5. The van der Waals surface area contributed by atoms with Crippen LogP contribution in [-0.4, -0.2) is 23.4 Å². The molecule has 4 heteroatoms. The highest BCUT2D eigenvalue weighted by molar-refractivity contribution is 6.02. The van der Waals surface area contributed by atoms with Gasteiger partial charge in [0, 0.05) is 19.2 Å². The standard InChI is InChI=1S/C19H20N2O2/c1-2-21(18(22)14-13-16-9-5-3-6-10-16)19(23)20-15-17-11-7-4-8-12-17/h3-14H,2,15H2,1H3,(H,20,23). The number of imide groups is 1. The first-order valence-corrected chi connectivity index (χ1v) is 7.57. The number of hydrogen-bond donors (Lipinski definition) is 1. The molecule has 0 aromatic heterocycles. The highest BCUT2D eigenvalue weighted by atomic mass is 16.2. The lowest BCUT2D eigenvalue weighted by atomic mass is 10.2. The van der Waals surface area contributed by atoms with Crippen molar-refractivity contribution < 1.29 is 9.59 Å². The number of carbonyl (C=O) groups is 2. The van der Waals surface area contributed by atoms with E-state index in [0.717, 1.165) is 11.1 Å². The van der Waals surface area contributed by atoms with Crippen molar-refractivity contribution in [2.45, 2.75) is 13.5 Å². The van der Waals surface area contributed by atoms with Gasteiger partial charge in [0.15, 0.2) is 0 Å². The van der Waals surface area contributed by atoms with Crippen LogP contribution in [0.25, 0.3) is 6.08 Å². The minimum absolute atomic E-state index is 0.318. The lowest BCUT2D eigenvalue weighted by molar-refractivity contribution is -0.123. The molecular formula is C19H20N2O2. The quantitative estimate of drug-likeness (QED) is 0.860. The fourth-order valence-corrected chi connectivity index (χ4v) is 2.09. The zero-order valence-electron chi connectivity index (χ0n) is 13.1. The zero-order valence-corrected chi connectivity index (χ0v) is 13.1. The van der Waals surface area contributed by atoms with Crippen LogP contribution in [0.2, 0.25) is 0 Å². The maximum absolute atomic E-state index is 12.2. The van der Waals surface area contributed by atoms with Crippen molar-refractivity contribution in [2.24, 2.45) is 0 Å². The Morgan fingerprint density at radius 1 is 1.00 bits per heavy atom. The minimum atomic E-state index is -0.390. The van der Waals surface area contributed by atoms with E-state index in [4.69, 9.17) is 0 Å². The number of urea groups is 1. The molecule has 0 atom stereocenters. The number of amides is 3. The fourth-order valence-electron chi connectivity index (χ4n) is 2.09. The molecule has 0 aliphatic rings. The van der Waals surface area contributed by atoms with Crippen molar-refractivity contribution in [1.82, 2.24) is 10.2 Å². The summed E-state index contributed by atoms with van der Waals surface area (Å²) in [7, 11) is 0. The summed E-state index contributed by atoms with van der Waals surface area (Å²) in [6.07, 6.45) is 3.12. The molecule has 0 fully saturated rings. The topological polar surface area (TPSA) is 49.4 Å². The summed E-state index contributed by atoms with van der Waals surface area (Å²) in [6, 6.07) is 18.7. The van der Waals surface area contributed by atoms with E-state index in [1.54, 1.807) is 13.0 Å². The van der Waals surface area contributed by atoms with Crippen LogP contribution >= 0.6 is 0 Å². The van der Waals surface area contributed by atoms with Crippen LogP contribution in [0.5, 0.6) is 0 Å². The molecule has 0 spiro atoms. The van der Waals surface area contributed by atoms with E-state index in [2.05, 4.69) is 5.32 Å². The molecule has 2 aromatic carbocycles. The first-order valence-electron chi connectivity index (χ1n) is 7.57. The van der Waals surface area contributed by atoms with Gasteiger partial charge < -0.3 is 5.32 Å². The minimum Gasteiger partial charge on any atom is -0.334 e. The van der Waals surface area contributed by atoms with Crippen LogP contribution in [0, 0.1) is 0 Å². The third-order valence-corrected chi connectivity index (χ3v) is 3.33. The number of hydrogen-bond acceptors (Lipinski definition) is 2. The summed E-state index contributed by atoms with van der Waals surface area (Å²) in [4.78, 5) is 25.5. The van der Waals surface area contributed by atoms with Crippen LogP contribution in [0.4, 0.5) is 4.79 Å². The van der Waals surface area contributed by atoms with Gasteiger partial charge >= 0.3 is 6.03 Å². The second kappa shape index (κ2) is 8.54. The Morgan fingerprint density at radius 3 is 2.22 bits per heavy atom. The number of likely N-dealkylation sites (N-methyl/N-ethyl adjacent to an activating group) is 1. The monoisotopic (exact) mass is 308 g/mol. The Hall–Kier alpha value is -2.88. The number of nitrogens with zero attached hydrogens (tertiary/aromatic N) is 1. The van der Waals surface area contributed by atoms with Crippen LogP contribution in [-0.2, 0) is 11.3 Å². The van der Waals surface area contributed by atoms with Gasteiger partial charge in [-0.1, -0.05) is 60.7 Å². The molecule has 4 nitrogen and oxygen atoms in total. The lowest BCUT2D eigenvalue weighted by Gasteiger charge is -2.18. The summed E-state index contributed by atoms with van der Waals surface area (Å²) >= 11 is 0. The van der Waals surface area contributed by atoms with Crippen molar-refractivity contribution >= 4 is 18.0 Å². The molecule has 0 bridgehead atoms. The van der Waals surface area contributed by atoms with Gasteiger partial charge in [-0.05, 0) is 24.1 Å². The Labute approximate surface area is 136 Å². The maximum Gasteiger partial charge on any atom is 0.324 e. The van der Waals surface area contributed by atoms with Gasteiger partial charge in [0.05, 0.1) is 0 Å². The van der Waals surface area contributed by atoms with Crippen LogP contribution in [0.15, 0.2) is 66.7 Å². The molecule has 0 aliphatic heterocycles. The van der Waals surface area contributed by atoms with E-state index in [0.29, 0.717) is 13.1 Å². The summed E-state index contributed by atoms with van der Waals surface area (Å²) in [6.45, 7) is 2.49. The predicted molar refractivity (Wildman–Crippen MR) is 91.5 cm³/mol. The van der Waals surface area contributed by atoms with Crippen molar-refractivity contribution in [3.05, 3.63) is 77.9 Å². The second-order valence-electron chi connectivity index (χ2n) is 4.97. The van der Waals surface area contributed by atoms with E-state index >= 15 is 0 Å². The van der Waals surface area contributed by atoms with Crippen LogP contribution < -0.4 is 5.32 Å². The molecule has 0 aliphatic carbocycles. The van der Waals surface area contributed by atoms with Crippen molar-refractivity contribution in [3.63, 3.8) is 0 Å². The molecule has 2 aromatic rings. The van der Waals surface area contributed by atoms with Gasteiger partial charge in [-0.15, -0.1) is 0 Å². The predicted octanol–water partition coefficient (Wildman–Crippen LogP) is 3.46. The van der Waals surface area contributed by atoms with E-state index in [1.807, 2.05) is 60.7 Å². The van der Waals surface area contributed by atoms with E-state index in [9.17, 15) is 9.59 Å². The van der Waals surface area contributed by atoms with Gasteiger partial charge in [0.25, 0.3) is 5.91 Å². The lowest BCUT2D eigenvalue weighted by Crippen LogP contribution is -2.42. The summed E-state index contributed by atoms with van der Waals surface area (Å²) in [5.41, 5.74) is 1.91. The average Bonchev–Trinajstić information content (AvgIpc) is 2.60. The maximum atomic E-state index is 12.2. The number of benzene rings is 2. The smallest absolute Gasteiger partial charge is 0.324 e. The first-order chi connectivity index (χ1) is 11.2. The molecule has 0 heterocycles. The van der Waals surface area contributed by atoms with E-state index in [-0.39, 0.29) is 11.9 Å². The molecule has 2 rings (SSSR count). The molecule has 0 saturated carbocycles. The van der Waals surface area contributed by atoms with Crippen LogP contribution in [0.3, 0.4) is 0 Å². The number of carbonyl (C=O) groups excluding carboxylic acids is 2. The highest BCUT2D eigenvalue weighted by Gasteiger charge is 2.16. The molecule has 3 amide bonds. The molecule has 1 N–H and O–H groups in total. The van der Waals surface area contributed by atoms with Gasteiger partial charge in [-0.2, -0.15) is 0 Å². The Bertz CT molecular complexity index is 666. The summed E-state index contributed by atoms with van der Waals surface area (Å²) in [5, 5.41) is 2.76. The molecule has 0 radical (unpaired) electrons. The SMILES string of the molecule is CCN(C(=O)C=Cc1ccccc1)C(=O)NCc1ccccc1. The Morgan fingerprint density at radius 2 is 1.61 bits per heavy atom. The van der Waals surface area contributed by atoms with Crippen LogP contribution in [0.1, 0.15) is 18.1 Å². The Balaban J connectivity index is 1.93. The van der Waals surface area contributed by atoms with Gasteiger partial charge in [-0.25, -0.2) is 4.79 Å². The van der Waals surface area contributed by atoms with E-state index < -0.39 is 0 Å². The third kappa shape index (κ3) is 5.11. The van der Waals surface area contributed by atoms with Crippen molar-refractivity contribution in [2.75, 3.05) is 6.54 Å². The fraction of sp³-hybridized carbons (Fsp3) is 0.158. The largest absolute Gasteiger partial charge is 0.334 e. The molecular weight excluding hydrogens is 288 g/mol. The highest BCUT2D eigenvalue weighted by Crippen LogP contribution is 2.03. The summed E-state index contributed by atoms with van der Waals surface area (Å²) < 4.78 is 0.